The minimum atomic E-state index is -0.737. The van der Waals surface area contributed by atoms with Crippen LogP contribution in [0, 0.1) is 6.92 Å². The fraction of sp³-hybridized carbons (Fsp3) is 0.385. The van der Waals surface area contributed by atoms with Crippen LogP contribution in [-0.4, -0.2) is 53.2 Å². The molecule has 1 atom stereocenters. The number of nitrogens with zero attached hydrogens (tertiary/aromatic N) is 1. The zero-order valence-electron chi connectivity index (χ0n) is 19.3. The number of aliphatic hydroxyl groups is 2. The summed E-state index contributed by atoms with van der Waals surface area (Å²) in [6, 6.07) is 11.5. The van der Waals surface area contributed by atoms with Crippen LogP contribution in [0.5, 0.6) is 11.5 Å². The number of amides is 1. The lowest BCUT2D eigenvalue weighted by Gasteiger charge is -2.25. The van der Waals surface area contributed by atoms with E-state index in [1.807, 2.05) is 20.8 Å². The number of carbonyl (C=O) groups excluding carboxylic acids is 2. The van der Waals surface area contributed by atoms with Gasteiger partial charge in [-0.25, -0.2) is 0 Å². The minimum absolute atomic E-state index is 0.0504. The second kappa shape index (κ2) is 11.0. The number of Topliss-reactive ketones (excluding diaryl/α,β-unsaturated/α-hetero) is 1. The highest BCUT2D eigenvalue weighted by molar-refractivity contribution is 6.46. The number of hydrogen-bond donors (Lipinski definition) is 2. The highest BCUT2D eigenvalue weighted by Crippen LogP contribution is 2.40. The van der Waals surface area contributed by atoms with Crippen molar-refractivity contribution in [3.63, 3.8) is 0 Å². The Morgan fingerprint density at radius 3 is 2.48 bits per heavy atom. The van der Waals surface area contributed by atoms with Gasteiger partial charge in [0.05, 0.1) is 24.8 Å². The van der Waals surface area contributed by atoms with Crippen LogP contribution in [0.2, 0.25) is 0 Å². The number of hydrogen-bond acceptors (Lipinski definition) is 6. The number of ketones is 1. The molecule has 1 saturated heterocycles. The van der Waals surface area contributed by atoms with Crippen LogP contribution in [0.15, 0.2) is 48.0 Å². The topological polar surface area (TPSA) is 96.3 Å². The molecule has 1 aliphatic heterocycles. The molecule has 1 heterocycles. The highest BCUT2D eigenvalue weighted by atomic mass is 16.5. The maximum Gasteiger partial charge on any atom is 0.295 e. The summed E-state index contributed by atoms with van der Waals surface area (Å²) in [5.41, 5.74) is 1.98. The van der Waals surface area contributed by atoms with E-state index < -0.39 is 17.7 Å². The minimum Gasteiger partial charge on any atom is -0.507 e. The second-order valence-electron chi connectivity index (χ2n) is 7.97. The molecule has 0 saturated carbocycles. The van der Waals surface area contributed by atoms with E-state index in [1.165, 1.54) is 4.90 Å². The number of likely N-dealkylation sites (tertiary alicyclic amines) is 1. The van der Waals surface area contributed by atoms with Crippen molar-refractivity contribution in [3.05, 3.63) is 64.7 Å². The van der Waals surface area contributed by atoms with Crippen LogP contribution in [0.1, 0.15) is 49.4 Å². The maximum atomic E-state index is 13.0. The van der Waals surface area contributed by atoms with Crippen molar-refractivity contribution in [3.8, 4) is 11.5 Å². The average molecular weight is 454 g/mol. The third-order valence-electron chi connectivity index (χ3n) is 5.45. The summed E-state index contributed by atoms with van der Waals surface area (Å²) in [5, 5.41) is 20.3. The Hall–Kier alpha value is -3.32. The molecule has 2 N–H and O–H groups in total. The van der Waals surface area contributed by atoms with Crippen molar-refractivity contribution >= 4 is 17.4 Å². The van der Waals surface area contributed by atoms with Gasteiger partial charge in [0, 0.05) is 12.1 Å². The van der Waals surface area contributed by atoms with Crippen molar-refractivity contribution < 1.29 is 29.3 Å². The average Bonchev–Trinajstić information content (AvgIpc) is 3.07. The molecule has 176 valence electrons. The lowest BCUT2D eigenvalue weighted by atomic mass is 9.94. The fourth-order valence-corrected chi connectivity index (χ4v) is 3.96. The van der Waals surface area contributed by atoms with Crippen LogP contribution in [0.3, 0.4) is 0 Å². The molecular weight excluding hydrogens is 422 g/mol. The molecule has 7 heteroatoms. The van der Waals surface area contributed by atoms with Gasteiger partial charge in [0.1, 0.15) is 23.9 Å². The first-order valence-corrected chi connectivity index (χ1v) is 11.3. The number of carbonyl (C=O) groups is 2. The van der Waals surface area contributed by atoms with Gasteiger partial charge < -0.3 is 24.6 Å². The van der Waals surface area contributed by atoms with Gasteiger partial charge >= 0.3 is 0 Å². The van der Waals surface area contributed by atoms with E-state index in [2.05, 4.69) is 0 Å². The third-order valence-corrected chi connectivity index (χ3v) is 5.45. The molecular formula is C26H31NO6. The van der Waals surface area contributed by atoms with Crippen LogP contribution in [0.25, 0.3) is 5.76 Å². The van der Waals surface area contributed by atoms with Crippen LogP contribution in [-0.2, 0) is 9.59 Å². The summed E-state index contributed by atoms with van der Waals surface area (Å²) in [6.07, 6.45) is 1.54. The Morgan fingerprint density at radius 2 is 1.82 bits per heavy atom. The predicted molar refractivity (Wildman–Crippen MR) is 125 cm³/mol. The summed E-state index contributed by atoms with van der Waals surface area (Å²) in [4.78, 5) is 27.4. The molecule has 1 fully saturated rings. The van der Waals surface area contributed by atoms with Gasteiger partial charge in [-0.2, -0.15) is 0 Å². The van der Waals surface area contributed by atoms with E-state index in [0.717, 1.165) is 12.0 Å². The molecule has 7 nitrogen and oxygen atoms in total. The van der Waals surface area contributed by atoms with Gasteiger partial charge in [-0.3, -0.25) is 9.59 Å². The molecule has 0 aromatic heterocycles. The van der Waals surface area contributed by atoms with E-state index in [4.69, 9.17) is 14.6 Å². The van der Waals surface area contributed by atoms with Crippen LogP contribution < -0.4 is 9.47 Å². The van der Waals surface area contributed by atoms with E-state index in [1.54, 1.807) is 42.5 Å². The molecule has 1 amide bonds. The lowest BCUT2D eigenvalue weighted by molar-refractivity contribution is -0.139. The quantitative estimate of drug-likeness (QED) is 0.321. The fourth-order valence-electron chi connectivity index (χ4n) is 3.96. The normalized spacial score (nSPS) is 17.5. The zero-order valence-corrected chi connectivity index (χ0v) is 19.3. The van der Waals surface area contributed by atoms with Gasteiger partial charge in [-0.1, -0.05) is 26.0 Å². The number of aliphatic hydroxyl groups excluding tert-OH is 2. The second-order valence-corrected chi connectivity index (χ2v) is 7.97. The number of ether oxygens (including phenoxy) is 2. The molecule has 0 aliphatic carbocycles. The smallest absolute Gasteiger partial charge is 0.295 e. The summed E-state index contributed by atoms with van der Waals surface area (Å²) in [6.45, 7) is 6.78. The first-order valence-electron chi connectivity index (χ1n) is 11.3. The van der Waals surface area contributed by atoms with Gasteiger partial charge in [-0.05, 0) is 61.2 Å². The molecule has 0 radical (unpaired) electrons. The molecule has 1 aliphatic rings. The third kappa shape index (κ3) is 5.20. The molecule has 0 bridgehead atoms. The first-order chi connectivity index (χ1) is 15.9. The Morgan fingerprint density at radius 1 is 1.03 bits per heavy atom. The largest absolute Gasteiger partial charge is 0.507 e. The highest BCUT2D eigenvalue weighted by Gasteiger charge is 2.45. The van der Waals surface area contributed by atoms with Gasteiger partial charge in [0.2, 0.25) is 0 Å². The summed E-state index contributed by atoms with van der Waals surface area (Å²) < 4.78 is 11.2. The molecule has 3 rings (SSSR count). The molecule has 2 aromatic carbocycles. The van der Waals surface area contributed by atoms with Crippen molar-refractivity contribution in [2.75, 3.05) is 26.4 Å². The summed E-state index contributed by atoms with van der Waals surface area (Å²) >= 11 is 0. The lowest BCUT2D eigenvalue weighted by Crippen LogP contribution is -2.30. The first kappa shape index (κ1) is 24.3. The van der Waals surface area contributed by atoms with Crippen molar-refractivity contribution in [1.82, 2.24) is 4.90 Å². The molecule has 1 unspecified atom stereocenters. The Bertz CT molecular complexity index is 1040. The van der Waals surface area contributed by atoms with Crippen LogP contribution in [0.4, 0.5) is 0 Å². The van der Waals surface area contributed by atoms with Crippen molar-refractivity contribution in [2.45, 2.75) is 39.7 Å². The Balaban J connectivity index is 2.09. The van der Waals surface area contributed by atoms with Crippen LogP contribution >= 0.6 is 0 Å². The van der Waals surface area contributed by atoms with Crippen molar-refractivity contribution in [1.29, 1.82) is 0 Å². The number of benzene rings is 2. The van der Waals surface area contributed by atoms with Gasteiger partial charge in [-0.15, -0.1) is 0 Å². The summed E-state index contributed by atoms with van der Waals surface area (Å²) in [5.74, 6) is -0.341. The van der Waals surface area contributed by atoms with E-state index in [9.17, 15) is 14.7 Å². The monoisotopic (exact) mass is 453 g/mol. The van der Waals surface area contributed by atoms with E-state index >= 15 is 0 Å². The Kier molecular flexibility index (Phi) is 8.11. The SMILES string of the molecule is CCCOc1ccc(/C(O)=C2\C(=O)C(=O)N(CCC)C2c2cccc(OCCO)c2)cc1C. The zero-order chi connectivity index (χ0) is 24.0. The Labute approximate surface area is 194 Å². The maximum absolute atomic E-state index is 13.0. The molecule has 2 aromatic rings. The van der Waals surface area contributed by atoms with Gasteiger partial charge in [0.25, 0.3) is 11.7 Å². The summed E-state index contributed by atoms with van der Waals surface area (Å²) in [7, 11) is 0. The molecule has 0 spiro atoms. The van der Waals surface area contributed by atoms with Crippen molar-refractivity contribution in [2.24, 2.45) is 0 Å². The number of rotatable bonds is 10. The standard InChI is InChI=1S/C26H31NO6/c1-4-11-27-23(18-7-6-8-20(16-18)32-14-12-28)22(25(30)26(27)31)24(29)19-9-10-21(17(3)15-19)33-13-5-2/h6-10,15-16,23,28-29H,4-5,11-14H2,1-3H3/b24-22+. The predicted octanol–water partition coefficient (Wildman–Crippen LogP) is 3.99. The van der Waals surface area contributed by atoms with E-state index in [-0.39, 0.29) is 24.5 Å². The molecule has 33 heavy (non-hydrogen) atoms. The van der Waals surface area contributed by atoms with E-state index in [0.29, 0.717) is 42.2 Å². The number of aryl methyl sites for hydroxylation is 1. The van der Waals surface area contributed by atoms with Gasteiger partial charge in [0.15, 0.2) is 0 Å².